The van der Waals surface area contributed by atoms with Gasteiger partial charge >= 0.3 is 0 Å². The molecule has 1 rings (SSSR count). The molecule has 0 heterocycles. The second-order valence-electron chi connectivity index (χ2n) is 4.98. The molecule has 0 radical (unpaired) electrons. The average molecular weight is 308 g/mol. The number of halogens is 1. The largest absolute Gasteiger partial charge is 0.380 e. The molecule has 118 valence electrons. The molecule has 4 N–H and O–H groups in total. The zero-order valence-electron chi connectivity index (χ0n) is 12.0. The third-order valence-electron chi connectivity index (χ3n) is 3.43. The molecule has 20 heavy (non-hydrogen) atoms. The number of nitrogens with one attached hydrogen (secondary N) is 2. The number of methoxy groups -OCH3 is 1. The summed E-state index contributed by atoms with van der Waals surface area (Å²) in [5.74, 6) is -0.335. The maximum atomic E-state index is 11.7. The second kappa shape index (κ2) is 10.9. The van der Waals surface area contributed by atoms with Crippen LogP contribution in [-0.4, -0.2) is 44.2 Å². The molecular formula is C13H26ClN3O3. The summed E-state index contributed by atoms with van der Waals surface area (Å²) in [7, 11) is 1.51. The minimum atomic E-state index is -0.290. The van der Waals surface area contributed by atoms with Crippen molar-refractivity contribution in [2.75, 3.05) is 20.2 Å². The number of carbonyl (C=O) groups is 2. The standard InChI is InChI=1S/C13H25N3O3.ClH/c1-19-11(8-14)7-12(17)15-9-13(18)16-10-5-3-2-4-6-10;/h10-11H,2-9,14H2,1H3,(H,15,17)(H,16,18);1H. The van der Waals surface area contributed by atoms with Crippen molar-refractivity contribution >= 4 is 24.2 Å². The summed E-state index contributed by atoms with van der Waals surface area (Å²) in [4.78, 5) is 23.2. The van der Waals surface area contributed by atoms with Gasteiger partial charge < -0.3 is 21.1 Å². The fourth-order valence-electron chi connectivity index (χ4n) is 2.25. The lowest BCUT2D eigenvalue weighted by atomic mass is 9.95. The van der Waals surface area contributed by atoms with Crippen molar-refractivity contribution in [2.45, 2.75) is 50.7 Å². The van der Waals surface area contributed by atoms with E-state index in [1.165, 1.54) is 26.4 Å². The molecule has 0 saturated heterocycles. The minimum absolute atomic E-state index is 0. The van der Waals surface area contributed by atoms with Gasteiger partial charge in [-0.3, -0.25) is 9.59 Å². The zero-order valence-corrected chi connectivity index (χ0v) is 12.8. The van der Waals surface area contributed by atoms with Crippen molar-refractivity contribution in [1.82, 2.24) is 10.6 Å². The highest BCUT2D eigenvalue weighted by molar-refractivity contribution is 5.85. The lowest BCUT2D eigenvalue weighted by Crippen LogP contribution is -2.43. The first kappa shape index (κ1) is 19.1. The number of carbonyl (C=O) groups excluding carboxylic acids is 2. The first-order chi connectivity index (χ1) is 9.15. The Morgan fingerprint density at radius 2 is 1.90 bits per heavy atom. The van der Waals surface area contributed by atoms with Crippen LogP contribution >= 0.6 is 12.4 Å². The summed E-state index contributed by atoms with van der Waals surface area (Å²) < 4.78 is 5.01. The van der Waals surface area contributed by atoms with Crippen molar-refractivity contribution < 1.29 is 14.3 Å². The van der Waals surface area contributed by atoms with E-state index in [1.807, 2.05) is 0 Å². The summed E-state index contributed by atoms with van der Waals surface area (Å²) >= 11 is 0. The summed E-state index contributed by atoms with van der Waals surface area (Å²) in [6.45, 7) is 0.314. The number of rotatable bonds is 7. The Kier molecular flexibility index (Phi) is 10.4. The van der Waals surface area contributed by atoms with Gasteiger partial charge in [0.15, 0.2) is 0 Å². The van der Waals surface area contributed by atoms with Crippen molar-refractivity contribution in [2.24, 2.45) is 5.73 Å². The molecule has 1 atom stereocenters. The van der Waals surface area contributed by atoms with E-state index in [9.17, 15) is 9.59 Å². The van der Waals surface area contributed by atoms with Crippen LogP contribution in [0, 0.1) is 0 Å². The molecule has 0 bridgehead atoms. The van der Waals surface area contributed by atoms with Crippen LogP contribution in [0.25, 0.3) is 0 Å². The van der Waals surface area contributed by atoms with E-state index in [4.69, 9.17) is 10.5 Å². The first-order valence-electron chi connectivity index (χ1n) is 6.94. The fraction of sp³-hybridized carbons (Fsp3) is 0.846. The van der Waals surface area contributed by atoms with Gasteiger partial charge in [0.05, 0.1) is 19.1 Å². The molecule has 0 aromatic rings. The van der Waals surface area contributed by atoms with E-state index in [0.29, 0.717) is 0 Å². The third kappa shape index (κ3) is 7.67. The molecule has 7 heteroatoms. The van der Waals surface area contributed by atoms with Gasteiger partial charge in [-0.1, -0.05) is 19.3 Å². The van der Waals surface area contributed by atoms with Crippen LogP contribution in [0.4, 0.5) is 0 Å². The van der Waals surface area contributed by atoms with Crippen LogP contribution in [0.15, 0.2) is 0 Å². The van der Waals surface area contributed by atoms with Gasteiger partial charge in [-0.05, 0) is 12.8 Å². The van der Waals surface area contributed by atoms with Crippen molar-refractivity contribution in [3.05, 3.63) is 0 Å². The Morgan fingerprint density at radius 1 is 1.25 bits per heavy atom. The fourth-order valence-corrected chi connectivity index (χ4v) is 2.25. The van der Waals surface area contributed by atoms with Crippen LogP contribution in [-0.2, 0) is 14.3 Å². The normalized spacial score (nSPS) is 16.9. The topological polar surface area (TPSA) is 93.4 Å². The number of hydrogen-bond donors (Lipinski definition) is 3. The van der Waals surface area contributed by atoms with Crippen molar-refractivity contribution in [3.63, 3.8) is 0 Å². The minimum Gasteiger partial charge on any atom is -0.380 e. The van der Waals surface area contributed by atoms with Gasteiger partial charge in [-0.2, -0.15) is 0 Å². The van der Waals surface area contributed by atoms with Gasteiger partial charge in [0.25, 0.3) is 0 Å². The van der Waals surface area contributed by atoms with E-state index < -0.39 is 0 Å². The SMILES string of the molecule is COC(CN)CC(=O)NCC(=O)NC1CCCCC1.Cl. The van der Waals surface area contributed by atoms with Crippen LogP contribution in [0.2, 0.25) is 0 Å². The molecule has 0 aliphatic heterocycles. The molecular weight excluding hydrogens is 282 g/mol. The van der Waals surface area contributed by atoms with Gasteiger partial charge in [0.1, 0.15) is 0 Å². The highest BCUT2D eigenvalue weighted by Gasteiger charge is 2.16. The maximum absolute atomic E-state index is 11.7. The predicted octanol–water partition coefficient (Wildman–Crippen LogP) is 0.337. The van der Waals surface area contributed by atoms with E-state index in [2.05, 4.69) is 10.6 Å². The number of nitrogens with two attached hydrogens (primary N) is 1. The highest BCUT2D eigenvalue weighted by atomic mass is 35.5. The predicted molar refractivity (Wildman–Crippen MR) is 79.7 cm³/mol. The van der Waals surface area contributed by atoms with E-state index in [1.54, 1.807) is 0 Å². The summed E-state index contributed by atoms with van der Waals surface area (Å²) in [5, 5.41) is 5.53. The van der Waals surface area contributed by atoms with Crippen LogP contribution in [0.1, 0.15) is 38.5 Å². The maximum Gasteiger partial charge on any atom is 0.239 e. The second-order valence-corrected chi connectivity index (χ2v) is 4.98. The van der Waals surface area contributed by atoms with Gasteiger partial charge in [0, 0.05) is 19.7 Å². The monoisotopic (exact) mass is 307 g/mol. The Balaban J connectivity index is 0.00000361. The zero-order chi connectivity index (χ0) is 14.1. The Bertz CT molecular complexity index is 293. The molecule has 1 aliphatic carbocycles. The van der Waals surface area contributed by atoms with Crippen LogP contribution < -0.4 is 16.4 Å². The number of hydrogen-bond acceptors (Lipinski definition) is 4. The van der Waals surface area contributed by atoms with Crippen LogP contribution in [0.5, 0.6) is 0 Å². The quantitative estimate of drug-likeness (QED) is 0.632. The third-order valence-corrected chi connectivity index (χ3v) is 3.43. The summed E-state index contributed by atoms with van der Waals surface area (Å²) in [6.07, 6.45) is 5.56. The number of ether oxygens (including phenoxy) is 1. The Hall–Kier alpha value is -0.850. The molecule has 0 aromatic carbocycles. The smallest absolute Gasteiger partial charge is 0.239 e. The van der Waals surface area contributed by atoms with Crippen molar-refractivity contribution in [1.29, 1.82) is 0 Å². The number of amides is 2. The van der Waals surface area contributed by atoms with Gasteiger partial charge in [-0.15, -0.1) is 12.4 Å². The average Bonchev–Trinajstić information content (AvgIpc) is 2.43. The molecule has 1 fully saturated rings. The lowest BCUT2D eigenvalue weighted by Gasteiger charge is -2.22. The molecule has 0 spiro atoms. The van der Waals surface area contributed by atoms with E-state index in [0.717, 1.165) is 12.8 Å². The lowest BCUT2D eigenvalue weighted by molar-refractivity contribution is -0.127. The Labute approximate surface area is 126 Å². The molecule has 1 unspecified atom stereocenters. The molecule has 0 aromatic heterocycles. The van der Waals surface area contributed by atoms with Crippen molar-refractivity contribution in [3.8, 4) is 0 Å². The first-order valence-corrected chi connectivity index (χ1v) is 6.94. The Morgan fingerprint density at radius 3 is 2.45 bits per heavy atom. The molecule has 1 saturated carbocycles. The van der Waals surface area contributed by atoms with E-state index >= 15 is 0 Å². The highest BCUT2D eigenvalue weighted by Crippen LogP contribution is 2.17. The van der Waals surface area contributed by atoms with E-state index in [-0.39, 0.29) is 55.9 Å². The van der Waals surface area contributed by atoms with Gasteiger partial charge in [-0.25, -0.2) is 0 Å². The molecule has 1 aliphatic rings. The summed E-state index contributed by atoms with van der Waals surface area (Å²) in [5.41, 5.74) is 5.43. The summed E-state index contributed by atoms with van der Waals surface area (Å²) in [6, 6.07) is 0.272. The molecule has 2 amide bonds. The molecule has 6 nitrogen and oxygen atoms in total. The van der Waals surface area contributed by atoms with Crippen LogP contribution in [0.3, 0.4) is 0 Å². The van der Waals surface area contributed by atoms with Gasteiger partial charge in [0.2, 0.25) is 11.8 Å².